The summed E-state index contributed by atoms with van der Waals surface area (Å²) in [5.41, 5.74) is 2.03. The van der Waals surface area contributed by atoms with E-state index in [-0.39, 0.29) is 11.2 Å². The number of hydrogen-bond donors (Lipinski definition) is 2. The van der Waals surface area contributed by atoms with Crippen LogP contribution in [0, 0.1) is 6.92 Å². The van der Waals surface area contributed by atoms with Crippen molar-refractivity contribution in [1.82, 2.24) is 14.7 Å². The smallest absolute Gasteiger partial charge is 0.295 e. The Kier molecular flexibility index (Phi) is 7.15. The third-order valence-corrected chi connectivity index (χ3v) is 5.34. The fourth-order valence-corrected chi connectivity index (χ4v) is 3.33. The lowest BCUT2D eigenvalue weighted by atomic mass is 10.2. The van der Waals surface area contributed by atoms with E-state index in [1.54, 1.807) is 24.7 Å². The van der Waals surface area contributed by atoms with Gasteiger partial charge in [-0.15, -0.1) is 0 Å². The Labute approximate surface area is 195 Å². The van der Waals surface area contributed by atoms with Crippen LogP contribution in [0.4, 0.5) is 5.69 Å². The maximum atomic E-state index is 13.1. The third kappa shape index (κ3) is 5.53. The van der Waals surface area contributed by atoms with Gasteiger partial charge in [-0.3, -0.25) is 14.3 Å². The molecule has 2 aromatic carbocycles. The summed E-state index contributed by atoms with van der Waals surface area (Å²) in [6.45, 7) is 1.76. The molecule has 3 aromatic rings. The Morgan fingerprint density at radius 2 is 1.61 bits per heavy atom. The average Bonchev–Trinajstić information content (AvgIpc) is 2.95. The predicted octanol–water partition coefficient (Wildman–Crippen LogP) is 4.42. The molecule has 6 nitrogen and oxygen atoms in total. The summed E-state index contributed by atoms with van der Waals surface area (Å²) in [7, 11) is 1.75. The van der Waals surface area contributed by atoms with Crippen LogP contribution < -0.4 is 16.2 Å². The van der Waals surface area contributed by atoms with Gasteiger partial charge < -0.3 is 10.6 Å². The molecule has 1 atom stereocenters. The van der Waals surface area contributed by atoms with Crippen molar-refractivity contribution in [2.45, 2.75) is 16.9 Å². The lowest BCUT2D eigenvalue weighted by molar-refractivity contribution is -0.116. The van der Waals surface area contributed by atoms with E-state index in [0.29, 0.717) is 11.4 Å². The number of carbonyl (C=O) groups is 1. The van der Waals surface area contributed by atoms with Crippen molar-refractivity contribution < 1.29 is 4.79 Å². The van der Waals surface area contributed by atoms with Crippen molar-refractivity contribution in [3.8, 4) is 5.69 Å². The lowest BCUT2D eigenvalue weighted by Gasteiger charge is -2.26. The first-order valence-electron chi connectivity index (χ1n) is 9.39. The maximum absolute atomic E-state index is 13.1. The van der Waals surface area contributed by atoms with Crippen LogP contribution in [0.5, 0.6) is 0 Å². The molecule has 1 amide bonds. The van der Waals surface area contributed by atoms with Crippen LogP contribution in [0.25, 0.3) is 11.8 Å². The van der Waals surface area contributed by atoms with E-state index in [1.165, 1.54) is 10.8 Å². The van der Waals surface area contributed by atoms with Crippen molar-refractivity contribution in [3.05, 3.63) is 88.4 Å². The molecule has 3 rings (SSSR count). The van der Waals surface area contributed by atoms with E-state index in [2.05, 4.69) is 10.6 Å². The number of rotatable bonds is 6. The fourth-order valence-electron chi connectivity index (χ4n) is 3.01. The first-order chi connectivity index (χ1) is 14.7. The van der Waals surface area contributed by atoms with Crippen LogP contribution in [0.2, 0.25) is 0 Å². The number of alkyl halides is 3. The van der Waals surface area contributed by atoms with E-state index in [1.807, 2.05) is 60.7 Å². The van der Waals surface area contributed by atoms with Gasteiger partial charge in [-0.05, 0) is 30.7 Å². The molecule has 0 aliphatic carbocycles. The summed E-state index contributed by atoms with van der Waals surface area (Å²) in [6, 6.07) is 18.5. The minimum Gasteiger partial charge on any atom is -0.356 e. The molecule has 0 radical (unpaired) electrons. The van der Waals surface area contributed by atoms with Crippen LogP contribution >= 0.6 is 34.8 Å². The number of nitrogens with zero attached hydrogens (tertiary/aromatic N) is 2. The molecule has 0 bridgehead atoms. The molecule has 0 saturated carbocycles. The first-order valence-corrected chi connectivity index (χ1v) is 10.5. The van der Waals surface area contributed by atoms with E-state index in [4.69, 9.17) is 34.8 Å². The predicted molar refractivity (Wildman–Crippen MR) is 127 cm³/mol. The number of amides is 1. The molecule has 1 aromatic heterocycles. The van der Waals surface area contributed by atoms with Gasteiger partial charge in [0.25, 0.3) is 5.56 Å². The van der Waals surface area contributed by atoms with Crippen LogP contribution in [-0.4, -0.2) is 25.2 Å². The summed E-state index contributed by atoms with van der Waals surface area (Å²) < 4.78 is 1.26. The maximum Gasteiger partial charge on any atom is 0.295 e. The molecule has 2 N–H and O–H groups in total. The molecule has 9 heteroatoms. The topological polar surface area (TPSA) is 68.1 Å². The standard InChI is InChI=1S/C22H21Cl3N4O2/c1-15-19(20(31)29(28(15)2)17-11-7-4-8-12-17)27-21(22(23,24)25)26-18(30)14-13-16-9-5-3-6-10-16/h3-14,21,27H,1-2H3,(H,26,30)/b14-13+/t21-/m1/s1. The highest BCUT2D eigenvalue weighted by molar-refractivity contribution is 6.68. The minimum absolute atomic E-state index is 0.218. The molecule has 1 heterocycles. The number of nitrogens with one attached hydrogen (secondary N) is 2. The van der Waals surface area contributed by atoms with Crippen molar-refractivity contribution in [3.63, 3.8) is 0 Å². The molecule has 0 aliphatic rings. The molecule has 162 valence electrons. The molecular formula is C22H21Cl3N4O2. The van der Waals surface area contributed by atoms with Crippen molar-refractivity contribution >= 4 is 52.5 Å². The summed E-state index contributed by atoms with van der Waals surface area (Å²) >= 11 is 18.3. The van der Waals surface area contributed by atoms with Crippen LogP contribution in [0.1, 0.15) is 11.3 Å². The number of halogens is 3. The number of carbonyl (C=O) groups excluding carboxylic acids is 1. The van der Waals surface area contributed by atoms with E-state index < -0.39 is 15.9 Å². The Morgan fingerprint density at radius 1 is 1.03 bits per heavy atom. The van der Waals surface area contributed by atoms with Gasteiger partial charge >= 0.3 is 0 Å². The first kappa shape index (κ1) is 23.0. The normalized spacial score (nSPS) is 12.7. The van der Waals surface area contributed by atoms with Gasteiger partial charge in [-0.1, -0.05) is 83.3 Å². The van der Waals surface area contributed by atoms with Gasteiger partial charge in [0.15, 0.2) is 0 Å². The van der Waals surface area contributed by atoms with E-state index >= 15 is 0 Å². The van der Waals surface area contributed by atoms with Gasteiger partial charge in [-0.25, -0.2) is 4.68 Å². The zero-order valence-electron chi connectivity index (χ0n) is 16.9. The lowest BCUT2D eigenvalue weighted by Crippen LogP contribution is -2.49. The Balaban J connectivity index is 1.86. The molecule has 0 unspecified atom stereocenters. The molecule has 0 saturated heterocycles. The number of benzene rings is 2. The molecule has 0 aliphatic heterocycles. The van der Waals surface area contributed by atoms with E-state index in [0.717, 1.165) is 5.56 Å². The largest absolute Gasteiger partial charge is 0.356 e. The van der Waals surface area contributed by atoms with Gasteiger partial charge in [-0.2, -0.15) is 0 Å². The highest BCUT2D eigenvalue weighted by atomic mass is 35.6. The van der Waals surface area contributed by atoms with Gasteiger partial charge in [0.1, 0.15) is 11.9 Å². The third-order valence-electron chi connectivity index (χ3n) is 4.68. The molecule has 0 spiro atoms. The highest BCUT2D eigenvalue weighted by Gasteiger charge is 2.35. The number of hydrogen-bond acceptors (Lipinski definition) is 3. The Hall–Kier alpha value is -2.67. The average molecular weight is 480 g/mol. The second-order valence-corrected chi connectivity index (χ2v) is 9.18. The second kappa shape index (κ2) is 9.64. The van der Waals surface area contributed by atoms with Crippen molar-refractivity contribution in [2.75, 3.05) is 5.32 Å². The quantitative estimate of drug-likeness (QED) is 0.312. The highest BCUT2D eigenvalue weighted by Crippen LogP contribution is 2.31. The van der Waals surface area contributed by atoms with Crippen LogP contribution in [0.3, 0.4) is 0 Å². The SMILES string of the molecule is Cc1c(N[C@@H](NC(=O)/C=C/c2ccccc2)C(Cl)(Cl)Cl)c(=O)n(-c2ccccc2)n1C. The second-order valence-electron chi connectivity index (χ2n) is 6.81. The van der Waals surface area contributed by atoms with Gasteiger partial charge in [0, 0.05) is 13.1 Å². The summed E-state index contributed by atoms with van der Waals surface area (Å²) in [4.78, 5) is 25.5. The number of anilines is 1. The molecule has 0 fully saturated rings. The molecular weight excluding hydrogens is 459 g/mol. The summed E-state index contributed by atoms with van der Waals surface area (Å²) in [5.74, 6) is -0.482. The zero-order valence-corrected chi connectivity index (χ0v) is 19.1. The van der Waals surface area contributed by atoms with Crippen LogP contribution in [-0.2, 0) is 11.8 Å². The zero-order chi connectivity index (χ0) is 22.6. The number of aromatic nitrogens is 2. The monoisotopic (exact) mass is 478 g/mol. The molecule has 31 heavy (non-hydrogen) atoms. The van der Waals surface area contributed by atoms with Crippen molar-refractivity contribution in [1.29, 1.82) is 0 Å². The Bertz CT molecular complexity index is 1130. The number of para-hydroxylation sites is 1. The minimum atomic E-state index is -1.91. The summed E-state index contributed by atoms with van der Waals surface area (Å²) in [5, 5.41) is 5.51. The van der Waals surface area contributed by atoms with Gasteiger partial charge in [0.05, 0.1) is 11.4 Å². The van der Waals surface area contributed by atoms with E-state index in [9.17, 15) is 9.59 Å². The summed E-state index contributed by atoms with van der Waals surface area (Å²) in [6.07, 6.45) is 1.82. The van der Waals surface area contributed by atoms with Crippen LogP contribution in [0.15, 0.2) is 71.5 Å². The van der Waals surface area contributed by atoms with Gasteiger partial charge in [0.2, 0.25) is 9.70 Å². The van der Waals surface area contributed by atoms with Crippen molar-refractivity contribution in [2.24, 2.45) is 7.05 Å². The Morgan fingerprint density at radius 3 is 2.19 bits per heavy atom. The fraction of sp³-hybridized carbons (Fsp3) is 0.182.